The van der Waals surface area contributed by atoms with Gasteiger partial charge < -0.3 is 14.6 Å². The summed E-state index contributed by atoms with van der Waals surface area (Å²) >= 11 is 3.40. The maximum absolute atomic E-state index is 9.62. The lowest BCUT2D eigenvalue weighted by molar-refractivity contribution is 0.178. The number of rotatable bonds is 7. The molecule has 0 heterocycles. The molecule has 4 heteroatoms. The standard InChI is InChI=1S/C13H19BrO3/c1-10(15)12-6-5-11(14)9-13(12)17-8-4-3-7-16-2/h5-6,9-10,15H,3-4,7-8H2,1-2H3/t10-/m0/s1. The third-order valence-corrected chi connectivity index (χ3v) is 2.92. The van der Waals surface area contributed by atoms with Crippen LogP contribution in [0.1, 0.15) is 31.4 Å². The van der Waals surface area contributed by atoms with Gasteiger partial charge in [0, 0.05) is 23.8 Å². The Labute approximate surface area is 111 Å². The molecular weight excluding hydrogens is 284 g/mol. The molecule has 1 N–H and O–H groups in total. The molecule has 1 aromatic rings. The first kappa shape index (κ1) is 14.5. The number of hydrogen-bond donors (Lipinski definition) is 1. The van der Waals surface area contributed by atoms with E-state index in [1.165, 1.54) is 0 Å². The maximum atomic E-state index is 9.62. The summed E-state index contributed by atoms with van der Waals surface area (Å²) in [7, 11) is 1.70. The van der Waals surface area contributed by atoms with E-state index >= 15 is 0 Å². The van der Waals surface area contributed by atoms with Gasteiger partial charge in [0.25, 0.3) is 0 Å². The Morgan fingerprint density at radius 3 is 2.65 bits per heavy atom. The number of hydrogen-bond acceptors (Lipinski definition) is 3. The van der Waals surface area contributed by atoms with Crippen molar-refractivity contribution in [3.8, 4) is 5.75 Å². The molecule has 0 aliphatic carbocycles. The third-order valence-electron chi connectivity index (χ3n) is 2.43. The fourth-order valence-corrected chi connectivity index (χ4v) is 1.85. The average Bonchev–Trinajstić information content (AvgIpc) is 2.28. The molecule has 0 spiro atoms. The van der Waals surface area contributed by atoms with Crippen LogP contribution in [-0.4, -0.2) is 25.4 Å². The summed E-state index contributed by atoms with van der Waals surface area (Å²) in [5, 5.41) is 9.62. The monoisotopic (exact) mass is 302 g/mol. The highest BCUT2D eigenvalue weighted by atomic mass is 79.9. The van der Waals surface area contributed by atoms with Gasteiger partial charge in [-0.05, 0) is 31.9 Å². The molecule has 0 saturated carbocycles. The number of benzene rings is 1. The minimum absolute atomic E-state index is 0.517. The van der Waals surface area contributed by atoms with Crippen LogP contribution in [0.25, 0.3) is 0 Å². The van der Waals surface area contributed by atoms with Gasteiger partial charge in [0.15, 0.2) is 0 Å². The van der Waals surface area contributed by atoms with Crippen LogP contribution in [0, 0.1) is 0 Å². The van der Waals surface area contributed by atoms with Gasteiger partial charge in [0.05, 0.1) is 12.7 Å². The van der Waals surface area contributed by atoms with Crippen molar-refractivity contribution in [2.75, 3.05) is 20.3 Å². The molecule has 0 aliphatic rings. The summed E-state index contributed by atoms with van der Waals surface area (Å²) < 4.78 is 11.6. The fourth-order valence-electron chi connectivity index (χ4n) is 1.51. The van der Waals surface area contributed by atoms with Crippen molar-refractivity contribution in [2.45, 2.75) is 25.9 Å². The van der Waals surface area contributed by atoms with E-state index in [-0.39, 0.29) is 0 Å². The van der Waals surface area contributed by atoms with E-state index < -0.39 is 6.10 Å². The Bertz CT molecular complexity index is 339. The largest absolute Gasteiger partial charge is 0.493 e. The summed E-state index contributed by atoms with van der Waals surface area (Å²) in [4.78, 5) is 0. The van der Waals surface area contributed by atoms with Crippen molar-refractivity contribution >= 4 is 15.9 Å². The molecule has 17 heavy (non-hydrogen) atoms. The van der Waals surface area contributed by atoms with Gasteiger partial charge in [-0.15, -0.1) is 0 Å². The molecule has 0 aromatic heterocycles. The topological polar surface area (TPSA) is 38.7 Å². The normalized spacial score (nSPS) is 12.5. The molecule has 96 valence electrons. The fraction of sp³-hybridized carbons (Fsp3) is 0.538. The van der Waals surface area contributed by atoms with Crippen LogP contribution in [0.4, 0.5) is 0 Å². The maximum Gasteiger partial charge on any atom is 0.126 e. The zero-order valence-electron chi connectivity index (χ0n) is 10.3. The summed E-state index contributed by atoms with van der Waals surface area (Å²) in [5.41, 5.74) is 0.819. The lowest BCUT2D eigenvalue weighted by Crippen LogP contribution is -2.03. The minimum atomic E-state index is -0.517. The van der Waals surface area contributed by atoms with Crippen molar-refractivity contribution in [3.63, 3.8) is 0 Å². The van der Waals surface area contributed by atoms with E-state index in [0.717, 1.165) is 35.2 Å². The summed E-state index contributed by atoms with van der Waals surface area (Å²) in [5.74, 6) is 0.742. The molecule has 1 aromatic carbocycles. The van der Waals surface area contributed by atoms with Crippen molar-refractivity contribution in [1.29, 1.82) is 0 Å². The highest BCUT2D eigenvalue weighted by molar-refractivity contribution is 9.10. The minimum Gasteiger partial charge on any atom is -0.493 e. The van der Waals surface area contributed by atoms with E-state index in [1.54, 1.807) is 14.0 Å². The first-order valence-electron chi connectivity index (χ1n) is 5.74. The van der Waals surface area contributed by atoms with Crippen LogP contribution in [0.15, 0.2) is 22.7 Å². The van der Waals surface area contributed by atoms with E-state index in [0.29, 0.717) is 6.61 Å². The van der Waals surface area contributed by atoms with Gasteiger partial charge in [-0.2, -0.15) is 0 Å². The number of unbranched alkanes of at least 4 members (excludes halogenated alkanes) is 1. The lowest BCUT2D eigenvalue weighted by Gasteiger charge is -2.13. The average molecular weight is 303 g/mol. The predicted octanol–water partition coefficient (Wildman–Crippen LogP) is 3.31. The van der Waals surface area contributed by atoms with Gasteiger partial charge in [-0.25, -0.2) is 0 Å². The zero-order chi connectivity index (χ0) is 12.7. The smallest absolute Gasteiger partial charge is 0.126 e. The Morgan fingerprint density at radius 2 is 2.00 bits per heavy atom. The van der Waals surface area contributed by atoms with Crippen molar-refractivity contribution in [2.24, 2.45) is 0 Å². The van der Waals surface area contributed by atoms with Crippen LogP contribution >= 0.6 is 15.9 Å². The number of ether oxygens (including phenoxy) is 2. The quantitative estimate of drug-likeness (QED) is 0.785. The van der Waals surface area contributed by atoms with E-state index in [9.17, 15) is 5.11 Å². The van der Waals surface area contributed by atoms with Crippen LogP contribution in [0.3, 0.4) is 0 Å². The second kappa shape index (κ2) is 7.69. The van der Waals surface area contributed by atoms with E-state index in [2.05, 4.69) is 15.9 Å². The number of methoxy groups -OCH3 is 1. The lowest BCUT2D eigenvalue weighted by atomic mass is 10.1. The van der Waals surface area contributed by atoms with Gasteiger partial charge in [0.1, 0.15) is 5.75 Å². The molecule has 0 saturated heterocycles. The molecule has 0 unspecified atom stereocenters. The number of aliphatic hydroxyl groups is 1. The van der Waals surface area contributed by atoms with Gasteiger partial charge in [-0.1, -0.05) is 22.0 Å². The van der Waals surface area contributed by atoms with Crippen LogP contribution in [0.5, 0.6) is 5.75 Å². The SMILES string of the molecule is COCCCCOc1cc(Br)ccc1[C@H](C)O. The first-order valence-corrected chi connectivity index (χ1v) is 6.53. The Balaban J connectivity index is 2.53. The first-order chi connectivity index (χ1) is 8.15. The van der Waals surface area contributed by atoms with Gasteiger partial charge in [-0.3, -0.25) is 0 Å². The van der Waals surface area contributed by atoms with Gasteiger partial charge in [0.2, 0.25) is 0 Å². The van der Waals surface area contributed by atoms with Crippen LogP contribution in [-0.2, 0) is 4.74 Å². The molecule has 0 aliphatic heterocycles. The predicted molar refractivity (Wildman–Crippen MR) is 71.4 cm³/mol. The third kappa shape index (κ3) is 5.06. The number of aliphatic hydroxyl groups excluding tert-OH is 1. The highest BCUT2D eigenvalue weighted by Gasteiger charge is 2.09. The highest BCUT2D eigenvalue weighted by Crippen LogP contribution is 2.28. The summed E-state index contributed by atoms with van der Waals surface area (Å²) in [6, 6.07) is 5.66. The van der Waals surface area contributed by atoms with Crippen LogP contribution in [0.2, 0.25) is 0 Å². The van der Waals surface area contributed by atoms with E-state index in [4.69, 9.17) is 9.47 Å². The molecular formula is C13H19BrO3. The summed E-state index contributed by atoms with van der Waals surface area (Å²) in [6.07, 6.45) is 1.41. The van der Waals surface area contributed by atoms with Crippen molar-refractivity contribution < 1.29 is 14.6 Å². The van der Waals surface area contributed by atoms with Crippen molar-refractivity contribution in [1.82, 2.24) is 0 Å². The molecule has 0 amide bonds. The molecule has 1 atom stereocenters. The Kier molecular flexibility index (Phi) is 6.55. The molecule has 1 rings (SSSR count). The van der Waals surface area contributed by atoms with Crippen molar-refractivity contribution in [3.05, 3.63) is 28.2 Å². The second-order valence-corrected chi connectivity index (χ2v) is 4.82. The number of halogens is 1. The molecule has 0 fully saturated rings. The second-order valence-electron chi connectivity index (χ2n) is 3.91. The molecule has 0 bridgehead atoms. The Morgan fingerprint density at radius 1 is 1.29 bits per heavy atom. The molecule has 0 radical (unpaired) electrons. The van der Waals surface area contributed by atoms with Crippen LogP contribution < -0.4 is 4.74 Å². The Hall–Kier alpha value is -0.580. The van der Waals surface area contributed by atoms with Gasteiger partial charge >= 0.3 is 0 Å². The summed E-state index contributed by atoms with van der Waals surface area (Å²) in [6.45, 7) is 3.13. The zero-order valence-corrected chi connectivity index (χ0v) is 11.9. The van der Waals surface area contributed by atoms with E-state index in [1.807, 2.05) is 18.2 Å². The molecule has 3 nitrogen and oxygen atoms in total.